The lowest BCUT2D eigenvalue weighted by atomic mass is 9.91. The molecule has 1 unspecified atom stereocenters. The number of carboxylic acids is 1. The van der Waals surface area contributed by atoms with E-state index in [0.29, 0.717) is 34.5 Å². The van der Waals surface area contributed by atoms with Crippen LogP contribution >= 0.6 is 11.8 Å². The number of aliphatic carboxylic acids is 1. The van der Waals surface area contributed by atoms with Gasteiger partial charge in [0.05, 0.1) is 10.8 Å². The summed E-state index contributed by atoms with van der Waals surface area (Å²) < 4.78 is 14.9. The van der Waals surface area contributed by atoms with Crippen molar-refractivity contribution in [2.45, 2.75) is 39.0 Å². The molecule has 1 atom stereocenters. The first-order valence-corrected chi connectivity index (χ1v) is 14.1. The van der Waals surface area contributed by atoms with Crippen LogP contribution in [0.1, 0.15) is 50.2 Å². The highest BCUT2D eigenvalue weighted by Crippen LogP contribution is 2.32. The molecule has 0 radical (unpaired) electrons. The van der Waals surface area contributed by atoms with Gasteiger partial charge in [0.2, 0.25) is 0 Å². The van der Waals surface area contributed by atoms with Gasteiger partial charge in [0.15, 0.2) is 5.17 Å². The predicted molar refractivity (Wildman–Crippen MR) is 163 cm³/mol. The molecule has 4 rings (SSSR count). The molecule has 1 heterocycles. The normalized spacial score (nSPS) is 14.9. The van der Waals surface area contributed by atoms with Crippen LogP contribution in [0.3, 0.4) is 0 Å². The van der Waals surface area contributed by atoms with Crippen molar-refractivity contribution in [2.24, 2.45) is 10.9 Å². The lowest BCUT2D eigenvalue weighted by Gasteiger charge is -2.15. The highest BCUT2D eigenvalue weighted by Gasteiger charge is 2.25. The van der Waals surface area contributed by atoms with E-state index in [2.05, 4.69) is 53.3 Å². The Labute approximate surface area is 239 Å². The first kappa shape index (κ1) is 29.1. The minimum Gasteiger partial charge on any atom is -0.481 e. The van der Waals surface area contributed by atoms with E-state index in [1.54, 1.807) is 12.1 Å². The molecular weight excluding hydrogens is 525 g/mol. The summed E-state index contributed by atoms with van der Waals surface area (Å²) in [6.45, 7) is 4.16. The molecule has 2 N–H and O–H groups in total. The second-order valence-corrected chi connectivity index (χ2v) is 11.5. The van der Waals surface area contributed by atoms with E-state index in [4.69, 9.17) is 0 Å². The molecule has 0 bridgehead atoms. The summed E-state index contributed by atoms with van der Waals surface area (Å²) in [6.07, 6.45) is 3.76. The number of anilines is 2. The lowest BCUT2D eigenvalue weighted by molar-refractivity contribution is -0.139. The zero-order valence-electron chi connectivity index (χ0n) is 23.1. The number of carbonyl (C=O) groups is 2. The third-order valence-corrected chi connectivity index (χ3v) is 7.64. The molecule has 8 heteroatoms. The summed E-state index contributed by atoms with van der Waals surface area (Å²) in [5, 5.41) is 13.0. The monoisotopic (exact) mass is 559 g/mol. The standard InChI is InChI=1S/C32H34FN3O3S/c1-20(2)6-5-7-27(31(38)39)26-17-14-24(19-28(26)33)34-32-35-30(37)29(40-32)18-21-8-10-22(11-9-21)23-12-15-25(16-13-23)36(3)4/h8-20,27H,5-7H2,1-4H3,(H,38,39)(H,34,35,37)/b29-18+. The average molecular weight is 560 g/mol. The molecule has 3 aromatic rings. The Morgan fingerprint density at radius 3 is 2.25 bits per heavy atom. The minimum atomic E-state index is -1.03. The van der Waals surface area contributed by atoms with Crippen LogP contribution < -0.4 is 10.2 Å². The summed E-state index contributed by atoms with van der Waals surface area (Å²) >= 11 is 1.18. The average Bonchev–Trinajstić information content (AvgIpc) is 3.25. The number of nitrogens with zero attached hydrogens (tertiary/aromatic N) is 2. The van der Waals surface area contributed by atoms with Gasteiger partial charge in [-0.05, 0) is 71.1 Å². The Kier molecular flexibility index (Phi) is 9.42. The maximum atomic E-state index is 14.9. The maximum Gasteiger partial charge on any atom is 0.311 e. The molecule has 1 aliphatic rings. The molecule has 3 aromatic carbocycles. The Balaban J connectivity index is 1.40. The highest BCUT2D eigenvalue weighted by atomic mass is 32.2. The quantitative estimate of drug-likeness (QED) is 0.249. The zero-order valence-corrected chi connectivity index (χ0v) is 24.0. The fraction of sp³-hybridized carbons (Fsp3) is 0.281. The second-order valence-electron chi connectivity index (χ2n) is 10.5. The fourth-order valence-corrected chi connectivity index (χ4v) is 5.32. The molecule has 0 saturated heterocycles. The number of halogens is 1. The van der Waals surface area contributed by atoms with Gasteiger partial charge >= 0.3 is 5.97 Å². The van der Waals surface area contributed by atoms with Gasteiger partial charge in [0, 0.05) is 31.0 Å². The van der Waals surface area contributed by atoms with Gasteiger partial charge < -0.3 is 15.3 Å². The molecule has 0 spiro atoms. The van der Waals surface area contributed by atoms with E-state index in [-0.39, 0.29) is 11.5 Å². The zero-order chi connectivity index (χ0) is 28.8. The van der Waals surface area contributed by atoms with E-state index in [1.807, 2.05) is 38.4 Å². The number of benzene rings is 3. The number of aliphatic imine (C=N–C) groups is 1. The Bertz CT molecular complexity index is 1430. The van der Waals surface area contributed by atoms with Crippen molar-refractivity contribution in [2.75, 3.05) is 24.3 Å². The smallest absolute Gasteiger partial charge is 0.311 e. The summed E-state index contributed by atoms with van der Waals surface area (Å²) in [5.74, 6) is -2.43. The maximum absolute atomic E-state index is 14.9. The van der Waals surface area contributed by atoms with Gasteiger partial charge in [-0.3, -0.25) is 9.59 Å². The number of hydrogen-bond donors (Lipinski definition) is 2. The number of rotatable bonds is 10. The van der Waals surface area contributed by atoms with E-state index < -0.39 is 17.7 Å². The summed E-state index contributed by atoms with van der Waals surface area (Å²) in [7, 11) is 4.01. The molecule has 1 aliphatic heterocycles. The topological polar surface area (TPSA) is 82.0 Å². The van der Waals surface area contributed by atoms with Crippen molar-refractivity contribution in [1.82, 2.24) is 0 Å². The third-order valence-electron chi connectivity index (χ3n) is 6.75. The number of thioether (sulfide) groups is 1. The van der Waals surface area contributed by atoms with Crippen LogP contribution in [0.25, 0.3) is 17.2 Å². The Morgan fingerprint density at radius 1 is 1.02 bits per heavy atom. The van der Waals surface area contributed by atoms with Gasteiger partial charge in [0.25, 0.3) is 5.91 Å². The van der Waals surface area contributed by atoms with E-state index in [0.717, 1.165) is 28.8 Å². The first-order valence-electron chi connectivity index (χ1n) is 13.3. The van der Waals surface area contributed by atoms with Crippen LogP contribution in [0.15, 0.2) is 76.6 Å². The van der Waals surface area contributed by atoms with Crippen molar-refractivity contribution < 1.29 is 19.1 Å². The molecule has 1 amide bonds. The van der Waals surface area contributed by atoms with Crippen molar-refractivity contribution in [1.29, 1.82) is 0 Å². The first-order chi connectivity index (χ1) is 19.1. The molecule has 40 heavy (non-hydrogen) atoms. The van der Waals surface area contributed by atoms with Crippen molar-refractivity contribution in [3.05, 3.63) is 88.6 Å². The lowest BCUT2D eigenvalue weighted by Crippen LogP contribution is -2.14. The van der Waals surface area contributed by atoms with Crippen LogP contribution in [0, 0.1) is 11.7 Å². The van der Waals surface area contributed by atoms with E-state index in [9.17, 15) is 19.1 Å². The second kappa shape index (κ2) is 13.0. The minimum absolute atomic E-state index is 0.163. The predicted octanol–water partition coefficient (Wildman–Crippen LogP) is 7.64. The third kappa shape index (κ3) is 7.39. The van der Waals surface area contributed by atoms with Crippen molar-refractivity contribution in [3.8, 4) is 11.1 Å². The van der Waals surface area contributed by atoms with E-state index >= 15 is 0 Å². The molecular formula is C32H34FN3O3S. The highest BCUT2D eigenvalue weighted by molar-refractivity contribution is 8.18. The molecule has 6 nitrogen and oxygen atoms in total. The summed E-state index contributed by atoms with van der Waals surface area (Å²) in [5.41, 5.74) is 4.75. The number of carbonyl (C=O) groups excluding carboxylic acids is 1. The van der Waals surface area contributed by atoms with E-state index in [1.165, 1.54) is 23.9 Å². The van der Waals surface area contributed by atoms with Gasteiger partial charge in [-0.25, -0.2) is 4.39 Å². The van der Waals surface area contributed by atoms with Crippen LogP contribution in [-0.4, -0.2) is 36.2 Å². The van der Waals surface area contributed by atoms with Gasteiger partial charge in [-0.1, -0.05) is 69.2 Å². The molecule has 0 aliphatic carbocycles. The number of carboxylic acid groups (broad SMARTS) is 1. The number of amides is 1. The fourth-order valence-electron chi connectivity index (χ4n) is 4.49. The summed E-state index contributed by atoms with van der Waals surface area (Å²) in [4.78, 5) is 30.9. The Morgan fingerprint density at radius 2 is 1.68 bits per heavy atom. The molecule has 0 fully saturated rings. The summed E-state index contributed by atoms with van der Waals surface area (Å²) in [6, 6.07) is 20.6. The van der Waals surface area contributed by atoms with Crippen molar-refractivity contribution in [3.63, 3.8) is 0 Å². The molecule has 208 valence electrons. The Hall–Kier alpha value is -3.91. The SMILES string of the molecule is CC(C)CCCC(C(=O)O)c1ccc(NC2=NC(=O)/C(=C\c3ccc(-c4ccc(N(C)C)cc4)cc3)S2)cc1F. The van der Waals surface area contributed by atoms with Crippen LogP contribution in [-0.2, 0) is 9.59 Å². The number of hydrogen-bond acceptors (Lipinski definition) is 5. The van der Waals surface area contributed by atoms with Gasteiger partial charge in [0.1, 0.15) is 5.82 Å². The van der Waals surface area contributed by atoms with Gasteiger partial charge in [-0.15, -0.1) is 0 Å². The number of nitrogens with one attached hydrogen (secondary N) is 1. The van der Waals surface area contributed by atoms with Crippen LogP contribution in [0.4, 0.5) is 15.8 Å². The van der Waals surface area contributed by atoms with Crippen LogP contribution in [0.5, 0.6) is 0 Å². The van der Waals surface area contributed by atoms with Crippen LogP contribution in [0.2, 0.25) is 0 Å². The largest absolute Gasteiger partial charge is 0.481 e. The molecule has 0 aromatic heterocycles. The van der Waals surface area contributed by atoms with Gasteiger partial charge in [-0.2, -0.15) is 4.99 Å². The molecule has 0 saturated carbocycles. The van der Waals surface area contributed by atoms with Crippen molar-refractivity contribution >= 4 is 46.3 Å². The number of amidine groups is 1.